The van der Waals surface area contributed by atoms with Crippen molar-refractivity contribution in [2.75, 3.05) is 6.54 Å². The van der Waals surface area contributed by atoms with Crippen LogP contribution in [0.1, 0.15) is 52.9 Å². The van der Waals surface area contributed by atoms with Gasteiger partial charge in [0.05, 0.1) is 0 Å². The highest BCUT2D eigenvalue weighted by molar-refractivity contribution is 5.79. The molecule has 0 aliphatic carbocycles. The number of rotatable bonds is 4. The Morgan fingerprint density at radius 3 is 2.64 bits per heavy atom. The molecule has 14 heavy (non-hydrogen) atoms. The third kappa shape index (κ3) is 4.75. The fraction of sp³-hybridized carbons (Fsp3) is 0.917. The van der Waals surface area contributed by atoms with Crippen molar-refractivity contribution in [2.24, 2.45) is 5.41 Å². The van der Waals surface area contributed by atoms with E-state index in [-0.39, 0.29) is 0 Å². The average Bonchev–Trinajstić information content (AvgIpc) is 2.52. The molecule has 0 radical (unpaired) electrons. The standard InChI is InChI=1S/C12H23NO/c1-12(2,3)7-6-11(14)9-10-5-4-8-13-10/h10,13H,4-9H2,1-3H3. The summed E-state index contributed by atoms with van der Waals surface area (Å²) in [6, 6.07) is 0.475. The fourth-order valence-corrected chi connectivity index (χ4v) is 1.82. The summed E-state index contributed by atoms with van der Waals surface area (Å²) in [7, 11) is 0. The van der Waals surface area contributed by atoms with E-state index in [4.69, 9.17) is 0 Å². The zero-order valence-corrected chi connectivity index (χ0v) is 9.73. The molecule has 2 heteroatoms. The lowest BCUT2D eigenvalue weighted by Gasteiger charge is -2.17. The van der Waals surface area contributed by atoms with E-state index in [0.717, 1.165) is 25.8 Å². The first-order valence-corrected chi connectivity index (χ1v) is 5.72. The Morgan fingerprint density at radius 2 is 2.14 bits per heavy atom. The lowest BCUT2D eigenvalue weighted by molar-refractivity contribution is -0.120. The summed E-state index contributed by atoms with van der Waals surface area (Å²) in [5.41, 5.74) is 0.290. The Balaban J connectivity index is 2.15. The Bertz CT molecular complexity index is 187. The van der Waals surface area contributed by atoms with Crippen molar-refractivity contribution < 1.29 is 4.79 Å². The van der Waals surface area contributed by atoms with Gasteiger partial charge >= 0.3 is 0 Å². The smallest absolute Gasteiger partial charge is 0.134 e. The number of hydrogen-bond acceptors (Lipinski definition) is 2. The molecule has 0 bridgehead atoms. The van der Waals surface area contributed by atoms with E-state index in [1.165, 1.54) is 12.8 Å². The number of nitrogens with one attached hydrogen (secondary N) is 1. The summed E-state index contributed by atoms with van der Waals surface area (Å²) in [6.45, 7) is 7.66. The van der Waals surface area contributed by atoms with Crippen LogP contribution in [0.2, 0.25) is 0 Å². The van der Waals surface area contributed by atoms with E-state index in [9.17, 15) is 4.79 Å². The molecular weight excluding hydrogens is 174 g/mol. The van der Waals surface area contributed by atoms with Gasteiger partial charge in [-0.1, -0.05) is 20.8 Å². The van der Waals surface area contributed by atoms with Crippen LogP contribution in [-0.2, 0) is 4.79 Å². The largest absolute Gasteiger partial charge is 0.314 e. The minimum Gasteiger partial charge on any atom is -0.314 e. The lowest BCUT2D eigenvalue weighted by atomic mass is 9.88. The zero-order valence-electron chi connectivity index (χ0n) is 9.73. The van der Waals surface area contributed by atoms with Crippen molar-refractivity contribution in [3.8, 4) is 0 Å². The van der Waals surface area contributed by atoms with Crippen molar-refractivity contribution in [3.63, 3.8) is 0 Å². The Kier molecular flexibility index (Phi) is 4.11. The molecule has 1 rings (SSSR count). The Hall–Kier alpha value is -0.370. The molecule has 0 amide bonds. The van der Waals surface area contributed by atoms with Crippen LogP contribution in [0.4, 0.5) is 0 Å². The van der Waals surface area contributed by atoms with Crippen LogP contribution in [0.3, 0.4) is 0 Å². The normalized spacial score (nSPS) is 22.6. The predicted octanol–water partition coefficient (Wildman–Crippen LogP) is 2.52. The van der Waals surface area contributed by atoms with Crippen LogP contribution < -0.4 is 5.32 Å². The van der Waals surface area contributed by atoms with Crippen LogP contribution >= 0.6 is 0 Å². The van der Waals surface area contributed by atoms with E-state index in [1.807, 2.05) is 0 Å². The number of hydrogen-bond donors (Lipinski definition) is 1. The fourth-order valence-electron chi connectivity index (χ4n) is 1.82. The third-order valence-corrected chi connectivity index (χ3v) is 2.79. The molecular formula is C12H23NO. The molecule has 1 saturated heterocycles. The van der Waals surface area contributed by atoms with E-state index >= 15 is 0 Å². The van der Waals surface area contributed by atoms with Gasteiger partial charge in [0.1, 0.15) is 5.78 Å². The molecule has 1 N–H and O–H groups in total. The number of ketones is 1. The van der Waals surface area contributed by atoms with E-state index in [2.05, 4.69) is 26.1 Å². The number of Topliss-reactive ketones (excluding diaryl/α,β-unsaturated/α-hetero) is 1. The Morgan fingerprint density at radius 1 is 1.43 bits per heavy atom. The van der Waals surface area contributed by atoms with Crippen molar-refractivity contribution in [2.45, 2.75) is 58.9 Å². The highest BCUT2D eigenvalue weighted by Gasteiger charge is 2.19. The summed E-state index contributed by atoms with van der Waals surface area (Å²) >= 11 is 0. The summed E-state index contributed by atoms with van der Waals surface area (Å²) in [5, 5.41) is 3.36. The van der Waals surface area contributed by atoms with E-state index < -0.39 is 0 Å². The zero-order chi connectivity index (χ0) is 10.6. The van der Waals surface area contributed by atoms with Gasteiger partial charge in [-0.3, -0.25) is 4.79 Å². The quantitative estimate of drug-likeness (QED) is 0.750. The van der Waals surface area contributed by atoms with Gasteiger partial charge in [0, 0.05) is 18.9 Å². The highest BCUT2D eigenvalue weighted by Crippen LogP contribution is 2.21. The molecule has 0 aromatic rings. The van der Waals surface area contributed by atoms with Crippen molar-refractivity contribution in [1.29, 1.82) is 0 Å². The lowest BCUT2D eigenvalue weighted by Crippen LogP contribution is -2.24. The second-order valence-electron chi connectivity index (χ2n) is 5.60. The van der Waals surface area contributed by atoms with Crippen molar-refractivity contribution in [1.82, 2.24) is 5.32 Å². The maximum Gasteiger partial charge on any atom is 0.134 e. The third-order valence-electron chi connectivity index (χ3n) is 2.79. The molecule has 2 nitrogen and oxygen atoms in total. The molecule has 0 aromatic carbocycles. The molecule has 0 saturated carbocycles. The van der Waals surface area contributed by atoms with Gasteiger partial charge in [-0.2, -0.15) is 0 Å². The van der Waals surface area contributed by atoms with Crippen LogP contribution in [0.15, 0.2) is 0 Å². The summed E-state index contributed by atoms with van der Waals surface area (Å²) in [6.07, 6.45) is 4.93. The minimum atomic E-state index is 0.290. The average molecular weight is 197 g/mol. The van der Waals surface area contributed by atoms with Crippen LogP contribution in [-0.4, -0.2) is 18.4 Å². The first-order valence-electron chi connectivity index (χ1n) is 5.72. The van der Waals surface area contributed by atoms with Gasteiger partial charge in [0.25, 0.3) is 0 Å². The maximum absolute atomic E-state index is 11.6. The minimum absolute atomic E-state index is 0.290. The SMILES string of the molecule is CC(C)(C)CCC(=O)CC1CCCN1. The van der Waals surface area contributed by atoms with E-state index in [0.29, 0.717) is 17.2 Å². The van der Waals surface area contributed by atoms with E-state index in [1.54, 1.807) is 0 Å². The van der Waals surface area contributed by atoms with Gasteiger partial charge in [-0.15, -0.1) is 0 Å². The van der Waals surface area contributed by atoms with Crippen molar-refractivity contribution in [3.05, 3.63) is 0 Å². The van der Waals surface area contributed by atoms with Crippen LogP contribution in [0, 0.1) is 5.41 Å². The molecule has 82 valence electrons. The molecule has 1 fully saturated rings. The topological polar surface area (TPSA) is 29.1 Å². The highest BCUT2D eigenvalue weighted by atomic mass is 16.1. The summed E-state index contributed by atoms with van der Waals surface area (Å²) in [5.74, 6) is 0.430. The molecule has 1 aliphatic rings. The molecule has 1 unspecified atom stereocenters. The van der Waals surface area contributed by atoms with Gasteiger partial charge in [0.2, 0.25) is 0 Å². The second-order valence-corrected chi connectivity index (χ2v) is 5.60. The first-order chi connectivity index (χ1) is 6.47. The molecule has 1 heterocycles. The summed E-state index contributed by atoms with van der Waals surface area (Å²) in [4.78, 5) is 11.6. The second kappa shape index (κ2) is 4.92. The molecule has 0 aromatic heterocycles. The Labute approximate surface area is 87.5 Å². The molecule has 1 aliphatic heterocycles. The van der Waals surface area contributed by atoms with Gasteiger partial charge in [0.15, 0.2) is 0 Å². The van der Waals surface area contributed by atoms with Crippen LogP contribution in [0.25, 0.3) is 0 Å². The first kappa shape index (κ1) is 11.7. The number of carbonyl (C=O) groups excluding carboxylic acids is 1. The number of carbonyl (C=O) groups is 1. The van der Waals surface area contributed by atoms with Gasteiger partial charge in [-0.25, -0.2) is 0 Å². The van der Waals surface area contributed by atoms with Gasteiger partial charge in [-0.05, 0) is 31.2 Å². The van der Waals surface area contributed by atoms with Crippen molar-refractivity contribution >= 4 is 5.78 Å². The predicted molar refractivity (Wildman–Crippen MR) is 59.3 cm³/mol. The monoisotopic (exact) mass is 197 g/mol. The van der Waals surface area contributed by atoms with Crippen LogP contribution in [0.5, 0.6) is 0 Å². The molecule has 0 spiro atoms. The maximum atomic E-state index is 11.6. The summed E-state index contributed by atoms with van der Waals surface area (Å²) < 4.78 is 0. The molecule has 1 atom stereocenters. The van der Waals surface area contributed by atoms with Gasteiger partial charge < -0.3 is 5.32 Å².